The molecule has 2 heterocycles. The number of ether oxygens (including phenoxy) is 1. The Morgan fingerprint density at radius 2 is 2.00 bits per heavy atom. The summed E-state index contributed by atoms with van der Waals surface area (Å²) in [5.74, 6) is -0.716. The highest BCUT2D eigenvalue weighted by molar-refractivity contribution is 6.31. The van der Waals surface area contributed by atoms with Gasteiger partial charge in [0.05, 0.1) is 12.5 Å². The predicted molar refractivity (Wildman–Crippen MR) is 81.6 cm³/mol. The fourth-order valence-electron chi connectivity index (χ4n) is 2.34. The van der Waals surface area contributed by atoms with Crippen LogP contribution >= 0.6 is 11.6 Å². The number of methoxy groups -OCH3 is 1. The lowest BCUT2D eigenvalue weighted by atomic mass is 10.2. The molecule has 0 spiro atoms. The number of halogens is 1. The third kappa shape index (κ3) is 2.00. The molecule has 1 aromatic carbocycles. The van der Waals surface area contributed by atoms with E-state index in [4.69, 9.17) is 16.0 Å². The first-order valence-corrected chi connectivity index (χ1v) is 6.66. The molecule has 0 N–H and O–H groups in total. The van der Waals surface area contributed by atoms with E-state index < -0.39 is 16.8 Å². The maximum Gasteiger partial charge on any atom is 0.354 e. The molecule has 2 aromatic heterocycles. The van der Waals surface area contributed by atoms with E-state index in [2.05, 4.69) is 4.74 Å². The Balaban J connectivity index is 2.58. The molecule has 6 nitrogen and oxygen atoms in total. The van der Waals surface area contributed by atoms with E-state index in [1.54, 1.807) is 6.07 Å². The molecule has 0 saturated carbocycles. The maximum atomic E-state index is 12.6. The average Bonchev–Trinajstić information content (AvgIpc) is 2.50. The van der Waals surface area contributed by atoms with Crippen LogP contribution in [0, 0.1) is 0 Å². The van der Waals surface area contributed by atoms with E-state index in [0.717, 1.165) is 6.07 Å². The number of aromatic nitrogens is 1. The lowest BCUT2D eigenvalue weighted by Crippen LogP contribution is -2.21. The zero-order valence-corrected chi connectivity index (χ0v) is 12.4. The molecule has 0 saturated heterocycles. The fourth-order valence-corrected chi connectivity index (χ4v) is 2.51. The molecule has 22 heavy (non-hydrogen) atoms. The van der Waals surface area contributed by atoms with Gasteiger partial charge in [-0.05, 0) is 18.2 Å². The standard InChI is InChI=1S/C15H10ClNO5/c1-17-9(15(20)21-2)6-10(18)14-12(17)13(19)8-5-7(16)3-4-11(8)22-14/h3-6H,1-2H3. The Morgan fingerprint density at radius 3 is 2.68 bits per heavy atom. The molecule has 0 aliphatic heterocycles. The van der Waals surface area contributed by atoms with Gasteiger partial charge in [-0.2, -0.15) is 0 Å². The van der Waals surface area contributed by atoms with Crippen molar-refractivity contribution in [2.24, 2.45) is 7.05 Å². The van der Waals surface area contributed by atoms with Gasteiger partial charge in [-0.25, -0.2) is 4.79 Å². The van der Waals surface area contributed by atoms with Crippen LogP contribution in [0.4, 0.5) is 0 Å². The molecule has 112 valence electrons. The first kappa shape index (κ1) is 14.3. The van der Waals surface area contributed by atoms with Crippen LogP contribution in [0.15, 0.2) is 38.3 Å². The van der Waals surface area contributed by atoms with Gasteiger partial charge in [-0.15, -0.1) is 0 Å². The Labute approximate surface area is 128 Å². The monoisotopic (exact) mass is 319 g/mol. The molecule has 0 aliphatic rings. The van der Waals surface area contributed by atoms with E-state index in [9.17, 15) is 14.4 Å². The predicted octanol–water partition coefficient (Wildman–Crippen LogP) is 2.08. The minimum Gasteiger partial charge on any atom is -0.464 e. The van der Waals surface area contributed by atoms with Gasteiger partial charge in [-0.1, -0.05) is 11.6 Å². The Hall–Kier alpha value is -2.60. The summed E-state index contributed by atoms with van der Waals surface area (Å²) in [6.45, 7) is 0. The molecular weight excluding hydrogens is 310 g/mol. The molecule has 0 aliphatic carbocycles. The van der Waals surface area contributed by atoms with E-state index in [1.807, 2.05) is 0 Å². The minimum atomic E-state index is -0.716. The van der Waals surface area contributed by atoms with Gasteiger partial charge in [0, 0.05) is 18.1 Å². The van der Waals surface area contributed by atoms with Crippen LogP contribution in [0.5, 0.6) is 0 Å². The Kier molecular flexibility index (Phi) is 3.26. The first-order valence-electron chi connectivity index (χ1n) is 6.28. The van der Waals surface area contributed by atoms with Crippen LogP contribution in [0.2, 0.25) is 5.02 Å². The molecular formula is C15H10ClNO5. The third-order valence-corrected chi connectivity index (χ3v) is 3.65. The molecule has 0 atom stereocenters. The summed E-state index contributed by atoms with van der Waals surface area (Å²) in [5.41, 5.74) is -0.914. The summed E-state index contributed by atoms with van der Waals surface area (Å²) in [6, 6.07) is 5.62. The zero-order chi connectivity index (χ0) is 16.0. The molecule has 0 fully saturated rings. The van der Waals surface area contributed by atoms with Crippen LogP contribution in [-0.4, -0.2) is 17.6 Å². The number of fused-ring (bicyclic) bond motifs is 2. The molecule has 7 heteroatoms. The van der Waals surface area contributed by atoms with Crippen molar-refractivity contribution >= 4 is 39.6 Å². The molecule has 3 rings (SSSR count). The first-order chi connectivity index (χ1) is 10.4. The molecule has 3 aromatic rings. The molecule has 0 unspecified atom stereocenters. The van der Waals surface area contributed by atoms with E-state index in [0.29, 0.717) is 5.02 Å². The van der Waals surface area contributed by atoms with Gasteiger partial charge in [0.25, 0.3) is 0 Å². The van der Waals surface area contributed by atoms with Crippen molar-refractivity contribution in [1.29, 1.82) is 0 Å². The van der Waals surface area contributed by atoms with Crippen molar-refractivity contribution in [3.05, 3.63) is 55.4 Å². The zero-order valence-electron chi connectivity index (χ0n) is 11.7. The van der Waals surface area contributed by atoms with Crippen molar-refractivity contribution in [3.8, 4) is 0 Å². The number of pyridine rings is 1. The lowest BCUT2D eigenvalue weighted by molar-refractivity contribution is 0.0589. The summed E-state index contributed by atoms with van der Waals surface area (Å²) in [6.07, 6.45) is 0. The number of carbonyl (C=O) groups is 1. The van der Waals surface area contributed by atoms with Gasteiger partial charge in [0.2, 0.25) is 16.4 Å². The van der Waals surface area contributed by atoms with Gasteiger partial charge < -0.3 is 13.7 Å². The van der Waals surface area contributed by atoms with Crippen molar-refractivity contribution in [3.63, 3.8) is 0 Å². The number of aryl methyl sites for hydroxylation is 1. The van der Waals surface area contributed by atoms with Crippen molar-refractivity contribution < 1.29 is 13.9 Å². The van der Waals surface area contributed by atoms with Crippen molar-refractivity contribution in [1.82, 2.24) is 4.57 Å². The number of carbonyl (C=O) groups excluding carboxylic acids is 1. The van der Waals surface area contributed by atoms with Gasteiger partial charge in [0.1, 0.15) is 16.8 Å². The second-order valence-electron chi connectivity index (χ2n) is 4.69. The Bertz CT molecular complexity index is 1050. The van der Waals surface area contributed by atoms with Crippen molar-refractivity contribution in [2.45, 2.75) is 0 Å². The summed E-state index contributed by atoms with van der Waals surface area (Å²) in [7, 11) is 2.68. The molecule has 0 amide bonds. The maximum absolute atomic E-state index is 12.6. The third-order valence-electron chi connectivity index (χ3n) is 3.41. The SMILES string of the molecule is COC(=O)c1cc(=O)c2oc3ccc(Cl)cc3c(=O)c2n1C. The number of benzene rings is 1. The van der Waals surface area contributed by atoms with E-state index in [1.165, 1.54) is 30.9 Å². The summed E-state index contributed by atoms with van der Waals surface area (Å²) in [5, 5.41) is 0.602. The highest BCUT2D eigenvalue weighted by Gasteiger charge is 2.19. The largest absolute Gasteiger partial charge is 0.464 e. The van der Waals surface area contributed by atoms with Crippen LogP contribution in [0.3, 0.4) is 0 Å². The summed E-state index contributed by atoms with van der Waals surface area (Å²) < 4.78 is 11.4. The van der Waals surface area contributed by atoms with Crippen LogP contribution in [-0.2, 0) is 11.8 Å². The quantitative estimate of drug-likeness (QED) is 0.507. The second-order valence-corrected chi connectivity index (χ2v) is 5.13. The topological polar surface area (TPSA) is 78.5 Å². The average molecular weight is 320 g/mol. The second kappa shape index (κ2) is 4.99. The van der Waals surface area contributed by atoms with Crippen LogP contribution < -0.4 is 10.9 Å². The fraction of sp³-hybridized carbons (Fsp3) is 0.133. The highest BCUT2D eigenvalue weighted by atomic mass is 35.5. The number of rotatable bonds is 1. The number of hydrogen-bond acceptors (Lipinski definition) is 5. The van der Waals surface area contributed by atoms with Gasteiger partial charge in [-0.3, -0.25) is 9.59 Å². The van der Waals surface area contributed by atoms with E-state index in [-0.39, 0.29) is 27.8 Å². The van der Waals surface area contributed by atoms with Crippen LogP contribution in [0.25, 0.3) is 22.1 Å². The van der Waals surface area contributed by atoms with Crippen LogP contribution in [0.1, 0.15) is 10.5 Å². The lowest BCUT2D eigenvalue weighted by Gasteiger charge is -2.10. The van der Waals surface area contributed by atoms with Gasteiger partial charge >= 0.3 is 5.97 Å². The molecule has 0 bridgehead atoms. The van der Waals surface area contributed by atoms with E-state index >= 15 is 0 Å². The smallest absolute Gasteiger partial charge is 0.354 e. The molecule has 0 radical (unpaired) electrons. The minimum absolute atomic E-state index is 0.0114. The summed E-state index contributed by atoms with van der Waals surface area (Å²) in [4.78, 5) is 36.5. The summed E-state index contributed by atoms with van der Waals surface area (Å²) >= 11 is 5.89. The number of nitrogens with zero attached hydrogens (tertiary/aromatic N) is 1. The Morgan fingerprint density at radius 1 is 1.27 bits per heavy atom. The van der Waals surface area contributed by atoms with Crippen molar-refractivity contribution in [2.75, 3.05) is 7.11 Å². The number of hydrogen-bond donors (Lipinski definition) is 0. The number of esters is 1. The van der Waals surface area contributed by atoms with Gasteiger partial charge in [0.15, 0.2) is 0 Å². The normalized spacial score (nSPS) is 11.0. The highest BCUT2D eigenvalue weighted by Crippen LogP contribution is 2.20.